The topological polar surface area (TPSA) is 105 Å². The van der Waals surface area contributed by atoms with Gasteiger partial charge in [-0.05, 0) is 33.7 Å². The highest BCUT2D eigenvalue weighted by atomic mass is 16.5. The van der Waals surface area contributed by atoms with E-state index in [4.69, 9.17) is 4.74 Å². The van der Waals surface area contributed by atoms with Crippen molar-refractivity contribution in [2.24, 2.45) is 5.92 Å². The van der Waals surface area contributed by atoms with Crippen molar-refractivity contribution < 1.29 is 24.2 Å². The standard InChI is InChI=1S/C28H28N2O5/c1-18(15-25(31)30-26(27(32)33)19-9-3-2-4-10-19)16-29-28(34)35-17-24-22-13-7-5-11-20(22)21-12-6-8-14-23(21)24/h2-14,18,24,26H,15-17H2,1H3,(H,29,34)(H,30,31)(H,32,33). The predicted octanol–water partition coefficient (Wildman–Crippen LogP) is 4.49. The van der Waals surface area contributed by atoms with Gasteiger partial charge >= 0.3 is 12.1 Å². The highest BCUT2D eigenvalue weighted by Crippen LogP contribution is 2.44. The summed E-state index contributed by atoms with van der Waals surface area (Å²) in [7, 11) is 0. The van der Waals surface area contributed by atoms with Crippen LogP contribution in [0.3, 0.4) is 0 Å². The normalized spacial score (nSPS) is 13.7. The molecule has 0 radical (unpaired) electrons. The predicted molar refractivity (Wildman–Crippen MR) is 132 cm³/mol. The Balaban J connectivity index is 1.25. The Morgan fingerprint density at radius 2 is 1.46 bits per heavy atom. The Kier molecular flexibility index (Phi) is 7.45. The molecule has 4 rings (SSSR count). The number of alkyl carbamates (subject to hydrolysis) is 1. The van der Waals surface area contributed by atoms with Crippen LogP contribution in [0.2, 0.25) is 0 Å². The maximum Gasteiger partial charge on any atom is 0.407 e. The smallest absolute Gasteiger partial charge is 0.407 e. The van der Waals surface area contributed by atoms with Crippen molar-refractivity contribution in [3.05, 3.63) is 95.6 Å². The van der Waals surface area contributed by atoms with Crippen LogP contribution in [-0.4, -0.2) is 36.2 Å². The molecule has 0 bridgehead atoms. The molecular weight excluding hydrogens is 444 g/mol. The van der Waals surface area contributed by atoms with Crippen LogP contribution in [0.4, 0.5) is 4.79 Å². The summed E-state index contributed by atoms with van der Waals surface area (Å²) < 4.78 is 5.52. The van der Waals surface area contributed by atoms with E-state index < -0.39 is 24.0 Å². The zero-order valence-corrected chi connectivity index (χ0v) is 19.4. The lowest BCUT2D eigenvalue weighted by molar-refractivity contribution is -0.142. The first-order valence-corrected chi connectivity index (χ1v) is 11.6. The van der Waals surface area contributed by atoms with Crippen molar-refractivity contribution >= 4 is 18.0 Å². The number of rotatable bonds is 9. The number of carboxylic acids is 1. The molecule has 2 unspecified atom stereocenters. The molecule has 180 valence electrons. The molecule has 1 aliphatic carbocycles. The Morgan fingerprint density at radius 1 is 0.886 bits per heavy atom. The van der Waals surface area contributed by atoms with Crippen molar-refractivity contribution in [1.82, 2.24) is 10.6 Å². The quantitative estimate of drug-likeness (QED) is 0.426. The molecular formula is C28H28N2O5. The summed E-state index contributed by atoms with van der Waals surface area (Å²) >= 11 is 0. The second-order valence-electron chi connectivity index (χ2n) is 8.77. The zero-order valence-electron chi connectivity index (χ0n) is 19.4. The molecule has 35 heavy (non-hydrogen) atoms. The number of ether oxygens (including phenoxy) is 1. The van der Waals surface area contributed by atoms with Crippen LogP contribution < -0.4 is 10.6 Å². The van der Waals surface area contributed by atoms with Crippen LogP contribution in [0, 0.1) is 5.92 Å². The third-order valence-corrected chi connectivity index (χ3v) is 6.16. The van der Waals surface area contributed by atoms with Crippen molar-refractivity contribution in [2.75, 3.05) is 13.2 Å². The average Bonchev–Trinajstić information content (AvgIpc) is 3.19. The Bertz CT molecular complexity index is 1170. The van der Waals surface area contributed by atoms with E-state index in [1.165, 1.54) is 0 Å². The first-order chi connectivity index (χ1) is 16.9. The number of fused-ring (bicyclic) bond motifs is 3. The highest BCUT2D eigenvalue weighted by molar-refractivity contribution is 5.84. The molecule has 7 heteroatoms. The number of hydrogen-bond acceptors (Lipinski definition) is 4. The van der Waals surface area contributed by atoms with Gasteiger partial charge in [-0.15, -0.1) is 0 Å². The molecule has 3 aromatic rings. The zero-order chi connectivity index (χ0) is 24.8. The lowest BCUT2D eigenvalue weighted by atomic mass is 9.98. The van der Waals surface area contributed by atoms with E-state index in [9.17, 15) is 19.5 Å². The summed E-state index contributed by atoms with van der Waals surface area (Å²) in [5.41, 5.74) is 5.09. The number of aliphatic carboxylic acids is 1. The monoisotopic (exact) mass is 472 g/mol. The first kappa shape index (κ1) is 24.0. The molecule has 2 amide bonds. The minimum absolute atomic E-state index is 0.0257. The summed E-state index contributed by atoms with van der Waals surface area (Å²) in [4.78, 5) is 36.3. The number of amides is 2. The molecule has 0 saturated heterocycles. The minimum atomic E-state index is -1.13. The summed E-state index contributed by atoms with van der Waals surface area (Å²) in [5, 5.41) is 14.7. The maximum atomic E-state index is 12.4. The van der Waals surface area contributed by atoms with Crippen LogP contribution >= 0.6 is 0 Å². The lowest BCUT2D eigenvalue weighted by Gasteiger charge is -2.18. The van der Waals surface area contributed by atoms with Gasteiger partial charge in [-0.3, -0.25) is 4.79 Å². The molecule has 0 heterocycles. The molecule has 0 aromatic heterocycles. The fourth-order valence-electron chi connectivity index (χ4n) is 4.45. The largest absolute Gasteiger partial charge is 0.479 e. The van der Waals surface area contributed by atoms with Gasteiger partial charge in [-0.2, -0.15) is 0 Å². The maximum absolute atomic E-state index is 12.4. The fraction of sp³-hybridized carbons (Fsp3) is 0.250. The van der Waals surface area contributed by atoms with Gasteiger partial charge in [0, 0.05) is 18.9 Å². The molecule has 0 saturated carbocycles. The summed E-state index contributed by atoms with van der Waals surface area (Å²) in [6, 6.07) is 23.6. The number of benzene rings is 3. The third-order valence-electron chi connectivity index (χ3n) is 6.16. The first-order valence-electron chi connectivity index (χ1n) is 11.6. The molecule has 7 nitrogen and oxygen atoms in total. The minimum Gasteiger partial charge on any atom is -0.479 e. The van der Waals surface area contributed by atoms with Gasteiger partial charge in [-0.25, -0.2) is 9.59 Å². The Hall–Kier alpha value is -4.13. The van der Waals surface area contributed by atoms with Crippen LogP contribution in [0.15, 0.2) is 78.9 Å². The lowest BCUT2D eigenvalue weighted by Crippen LogP contribution is -2.36. The average molecular weight is 473 g/mol. The molecule has 3 N–H and O–H groups in total. The molecule has 2 atom stereocenters. The van der Waals surface area contributed by atoms with Crippen LogP contribution in [0.5, 0.6) is 0 Å². The highest BCUT2D eigenvalue weighted by Gasteiger charge is 2.29. The molecule has 1 aliphatic rings. The molecule has 0 aliphatic heterocycles. The van der Waals surface area contributed by atoms with E-state index in [0.717, 1.165) is 22.3 Å². The van der Waals surface area contributed by atoms with Gasteiger partial charge in [0.2, 0.25) is 5.91 Å². The molecule has 0 fully saturated rings. The van der Waals surface area contributed by atoms with Crippen LogP contribution in [0.25, 0.3) is 11.1 Å². The molecule has 0 spiro atoms. The third kappa shape index (κ3) is 5.69. The fourth-order valence-corrected chi connectivity index (χ4v) is 4.45. The van der Waals surface area contributed by atoms with Crippen LogP contribution in [-0.2, 0) is 14.3 Å². The molecule has 3 aromatic carbocycles. The van der Waals surface area contributed by atoms with Gasteiger partial charge < -0.3 is 20.5 Å². The van der Waals surface area contributed by atoms with Gasteiger partial charge in [0.15, 0.2) is 6.04 Å². The van der Waals surface area contributed by atoms with E-state index in [2.05, 4.69) is 34.9 Å². The SMILES string of the molecule is CC(CNC(=O)OCC1c2ccccc2-c2ccccc21)CC(=O)NC(C(=O)O)c1ccccc1. The van der Waals surface area contributed by atoms with E-state index >= 15 is 0 Å². The Labute approximate surface area is 204 Å². The van der Waals surface area contributed by atoms with Crippen molar-refractivity contribution in [1.29, 1.82) is 0 Å². The van der Waals surface area contributed by atoms with Crippen molar-refractivity contribution in [3.8, 4) is 11.1 Å². The van der Waals surface area contributed by atoms with Crippen molar-refractivity contribution in [2.45, 2.75) is 25.3 Å². The number of hydrogen-bond donors (Lipinski definition) is 3. The van der Waals surface area contributed by atoms with E-state index in [1.54, 1.807) is 30.3 Å². The second-order valence-corrected chi connectivity index (χ2v) is 8.77. The number of carbonyl (C=O) groups is 3. The second kappa shape index (κ2) is 10.9. The van der Waals surface area contributed by atoms with E-state index in [0.29, 0.717) is 5.56 Å². The van der Waals surface area contributed by atoms with Gasteiger partial charge in [0.05, 0.1) is 0 Å². The Morgan fingerprint density at radius 3 is 2.06 bits per heavy atom. The van der Waals surface area contributed by atoms with Gasteiger partial charge in [0.25, 0.3) is 0 Å². The summed E-state index contributed by atoms with van der Waals surface area (Å²) in [6.07, 6.45) is -0.480. The van der Waals surface area contributed by atoms with Gasteiger partial charge in [-0.1, -0.05) is 85.8 Å². The van der Waals surface area contributed by atoms with Gasteiger partial charge in [0.1, 0.15) is 6.61 Å². The van der Waals surface area contributed by atoms with Crippen LogP contribution in [0.1, 0.15) is 42.0 Å². The van der Waals surface area contributed by atoms with Crippen molar-refractivity contribution in [3.63, 3.8) is 0 Å². The van der Waals surface area contributed by atoms with E-state index in [-0.39, 0.29) is 31.4 Å². The number of carboxylic acid groups (broad SMARTS) is 1. The summed E-state index contributed by atoms with van der Waals surface area (Å²) in [6.45, 7) is 2.25. The number of carbonyl (C=O) groups excluding carboxylic acids is 2. The van der Waals surface area contributed by atoms with E-state index in [1.807, 2.05) is 31.2 Å². The summed E-state index contributed by atoms with van der Waals surface area (Å²) in [5.74, 6) is -1.76. The number of nitrogens with one attached hydrogen (secondary N) is 2.